The van der Waals surface area contributed by atoms with E-state index in [1.54, 1.807) is 18.5 Å². The first-order chi connectivity index (χ1) is 26.7. The first-order valence-electron chi connectivity index (χ1n) is 18.0. The Morgan fingerprint density at radius 1 is 0.389 bits per heavy atom. The van der Waals surface area contributed by atoms with Gasteiger partial charge in [0.2, 0.25) is 0 Å². The Balaban J connectivity index is 1.23. The Labute approximate surface area is 312 Å². The predicted molar refractivity (Wildman–Crippen MR) is 218 cm³/mol. The fourth-order valence-electron chi connectivity index (χ4n) is 7.96. The molecule has 0 N–H and O–H groups in total. The Hall–Kier alpha value is -7.37. The summed E-state index contributed by atoms with van der Waals surface area (Å²) in [6.07, 6.45) is 3.58. The summed E-state index contributed by atoms with van der Waals surface area (Å²) in [6, 6.07) is 58.7. The summed E-state index contributed by atoms with van der Waals surface area (Å²) in [5.74, 6) is -0.708. The predicted octanol–water partition coefficient (Wildman–Crippen LogP) is 11.6. The van der Waals surface area contributed by atoms with E-state index in [-0.39, 0.29) is 11.8 Å². The number of carbonyl (C=O) groups excluding carboxylic acids is 2. The summed E-state index contributed by atoms with van der Waals surface area (Å²) in [6.45, 7) is 0. The molecule has 0 saturated carbocycles. The number of carbonyl (C=O) groups is 2. The van der Waals surface area contributed by atoms with Crippen molar-refractivity contribution in [2.45, 2.75) is 0 Å². The Bertz CT molecular complexity index is 2840. The molecule has 3 heterocycles. The van der Waals surface area contributed by atoms with Crippen LogP contribution < -0.4 is 4.90 Å². The van der Waals surface area contributed by atoms with E-state index in [1.165, 1.54) is 4.90 Å². The zero-order valence-electron chi connectivity index (χ0n) is 29.1. The number of fused-ring (bicyclic) bond motifs is 4. The maximum absolute atomic E-state index is 15.3. The maximum Gasteiger partial charge on any atom is 0.268 e. The van der Waals surface area contributed by atoms with E-state index in [9.17, 15) is 4.79 Å². The van der Waals surface area contributed by atoms with Crippen molar-refractivity contribution in [3.05, 3.63) is 199 Å². The second-order valence-electron chi connectivity index (χ2n) is 13.5. The van der Waals surface area contributed by atoms with Gasteiger partial charge in [-0.2, -0.15) is 0 Å². The van der Waals surface area contributed by atoms with Gasteiger partial charge in [0.25, 0.3) is 11.8 Å². The van der Waals surface area contributed by atoms with E-state index in [0.717, 1.165) is 66.3 Å². The van der Waals surface area contributed by atoms with Crippen LogP contribution in [-0.2, 0) is 0 Å². The minimum atomic E-state index is -0.358. The number of pyridine rings is 1. The maximum atomic E-state index is 15.3. The molecule has 2 amide bonds. The monoisotopic (exact) mass is 693 g/mol. The lowest BCUT2D eigenvalue weighted by Crippen LogP contribution is -2.30. The second-order valence-corrected chi connectivity index (χ2v) is 13.5. The summed E-state index contributed by atoms with van der Waals surface area (Å²) >= 11 is 0. The van der Waals surface area contributed by atoms with Crippen LogP contribution in [0.3, 0.4) is 0 Å². The van der Waals surface area contributed by atoms with Crippen LogP contribution in [0.2, 0.25) is 0 Å². The van der Waals surface area contributed by atoms with Gasteiger partial charge in [-0.15, -0.1) is 0 Å². The average Bonchev–Trinajstić information content (AvgIpc) is 3.71. The van der Waals surface area contributed by atoms with Crippen LogP contribution in [0.4, 0.5) is 5.69 Å². The zero-order chi connectivity index (χ0) is 36.2. The van der Waals surface area contributed by atoms with Crippen molar-refractivity contribution in [1.29, 1.82) is 0 Å². The smallest absolute Gasteiger partial charge is 0.268 e. The van der Waals surface area contributed by atoms with Crippen LogP contribution >= 0.6 is 0 Å². The molecule has 1 aliphatic heterocycles. The van der Waals surface area contributed by atoms with Gasteiger partial charge in [-0.1, -0.05) is 127 Å². The molecule has 9 aromatic rings. The lowest BCUT2D eigenvalue weighted by atomic mass is 9.90. The molecule has 54 heavy (non-hydrogen) atoms. The number of anilines is 1. The van der Waals surface area contributed by atoms with E-state index < -0.39 is 0 Å². The van der Waals surface area contributed by atoms with Gasteiger partial charge in [0.15, 0.2) is 0 Å². The van der Waals surface area contributed by atoms with Gasteiger partial charge in [-0.3, -0.25) is 14.6 Å². The molecule has 2 aromatic heterocycles. The number of para-hydroxylation sites is 1. The Morgan fingerprint density at radius 2 is 0.963 bits per heavy atom. The van der Waals surface area contributed by atoms with Gasteiger partial charge in [0.1, 0.15) is 0 Å². The number of hydrogen-bond acceptors (Lipinski definition) is 3. The van der Waals surface area contributed by atoms with Gasteiger partial charge in [0.05, 0.1) is 33.5 Å². The van der Waals surface area contributed by atoms with Gasteiger partial charge >= 0.3 is 0 Å². The van der Waals surface area contributed by atoms with Crippen LogP contribution in [0.15, 0.2) is 188 Å². The molecule has 0 atom stereocenters. The molecule has 7 aromatic carbocycles. The summed E-state index contributed by atoms with van der Waals surface area (Å²) in [5, 5.41) is 2.12. The third-order valence-electron chi connectivity index (χ3n) is 10.4. The summed E-state index contributed by atoms with van der Waals surface area (Å²) in [5.41, 5.74) is 11.4. The summed E-state index contributed by atoms with van der Waals surface area (Å²) in [7, 11) is 0. The number of nitrogens with zero attached hydrogens (tertiary/aromatic N) is 3. The quantitative estimate of drug-likeness (QED) is 0.163. The number of rotatable bonds is 6. The summed E-state index contributed by atoms with van der Waals surface area (Å²) in [4.78, 5) is 35.8. The van der Waals surface area contributed by atoms with Gasteiger partial charge in [-0.25, -0.2) is 4.90 Å². The van der Waals surface area contributed by atoms with Crippen molar-refractivity contribution in [3.63, 3.8) is 0 Å². The molecular formula is C49H31N3O2. The number of aromatic nitrogens is 2. The van der Waals surface area contributed by atoms with Gasteiger partial charge < -0.3 is 4.57 Å². The lowest BCUT2D eigenvalue weighted by Gasteiger charge is -2.24. The average molecular weight is 694 g/mol. The molecule has 1 aliphatic rings. The van der Waals surface area contributed by atoms with E-state index in [4.69, 9.17) is 0 Å². The highest BCUT2D eigenvalue weighted by molar-refractivity contribution is 6.37. The molecule has 5 heteroatoms. The van der Waals surface area contributed by atoms with Crippen LogP contribution in [0.1, 0.15) is 20.7 Å². The SMILES string of the molecule is O=C1c2cccc(-n3c4ccccc4c4ccc(-c5ccncc5)cc43)c2C(=O)N1c1c(-c2ccccc2)cc(-c2ccccc2)cc1-c1ccccc1. The van der Waals surface area contributed by atoms with Gasteiger partial charge in [0, 0.05) is 34.3 Å². The standard InChI is InChI=1S/C49H31N3O2/c53-48-40-20-12-22-44(51-43-21-11-10-19-38(43)39-24-23-36(31-45(39)51)33-25-27-50-28-26-33)46(40)49(54)52(48)47-41(34-15-6-2-7-16-34)29-37(32-13-4-1-5-14-32)30-42(47)35-17-8-3-9-18-35/h1-31H. The number of benzene rings is 7. The third kappa shape index (κ3) is 4.98. The highest BCUT2D eigenvalue weighted by Crippen LogP contribution is 2.47. The van der Waals surface area contributed by atoms with E-state index >= 15 is 4.79 Å². The third-order valence-corrected chi connectivity index (χ3v) is 10.4. The van der Waals surface area contributed by atoms with Gasteiger partial charge in [-0.05, 0) is 81.9 Å². The topological polar surface area (TPSA) is 55.2 Å². The van der Waals surface area contributed by atoms with Crippen molar-refractivity contribution < 1.29 is 9.59 Å². The van der Waals surface area contributed by atoms with Crippen LogP contribution in [0, 0.1) is 0 Å². The van der Waals surface area contributed by atoms with Crippen molar-refractivity contribution >= 4 is 39.3 Å². The molecule has 0 fully saturated rings. The van der Waals surface area contributed by atoms with Crippen molar-refractivity contribution in [1.82, 2.24) is 9.55 Å². The van der Waals surface area contributed by atoms with E-state index in [2.05, 4.69) is 64.1 Å². The normalized spacial score (nSPS) is 12.5. The fourth-order valence-corrected chi connectivity index (χ4v) is 7.96. The van der Waals surface area contributed by atoms with Crippen LogP contribution in [0.25, 0.3) is 72.0 Å². The van der Waals surface area contributed by atoms with Crippen molar-refractivity contribution in [3.8, 4) is 50.2 Å². The van der Waals surface area contributed by atoms with Crippen molar-refractivity contribution in [2.24, 2.45) is 0 Å². The molecule has 0 saturated heterocycles. The molecule has 0 spiro atoms. The largest absolute Gasteiger partial charge is 0.308 e. The van der Waals surface area contributed by atoms with Crippen molar-refractivity contribution in [2.75, 3.05) is 4.90 Å². The zero-order valence-corrected chi connectivity index (χ0v) is 29.1. The fraction of sp³-hybridized carbons (Fsp3) is 0. The minimum Gasteiger partial charge on any atom is -0.308 e. The number of amides is 2. The van der Waals surface area contributed by atoms with Crippen LogP contribution in [0.5, 0.6) is 0 Å². The first kappa shape index (κ1) is 31.4. The highest BCUT2D eigenvalue weighted by atomic mass is 16.2. The molecule has 0 unspecified atom stereocenters. The summed E-state index contributed by atoms with van der Waals surface area (Å²) < 4.78 is 2.14. The van der Waals surface area contributed by atoms with E-state index in [1.807, 2.05) is 115 Å². The molecule has 0 bridgehead atoms. The number of imide groups is 1. The molecule has 254 valence electrons. The first-order valence-corrected chi connectivity index (χ1v) is 18.0. The molecule has 0 radical (unpaired) electrons. The molecular weight excluding hydrogens is 663 g/mol. The highest BCUT2D eigenvalue weighted by Gasteiger charge is 2.41. The van der Waals surface area contributed by atoms with Crippen LogP contribution in [-0.4, -0.2) is 21.4 Å². The Kier molecular flexibility index (Phi) is 7.37. The molecule has 10 rings (SSSR count). The lowest BCUT2D eigenvalue weighted by molar-refractivity contribution is 0.0926. The number of hydrogen-bond donors (Lipinski definition) is 0. The second kappa shape index (κ2) is 12.7. The molecule has 0 aliphatic carbocycles. The molecule has 5 nitrogen and oxygen atoms in total. The Morgan fingerprint density at radius 3 is 1.63 bits per heavy atom. The minimum absolute atomic E-state index is 0.350. The van der Waals surface area contributed by atoms with E-state index in [0.29, 0.717) is 22.5 Å².